The summed E-state index contributed by atoms with van der Waals surface area (Å²) in [6.07, 6.45) is 3.21. The molecule has 4 heteroatoms. The second-order valence-electron chi connectivity index (χ2n) is 5.01. The molecule has 1 fully saturated rings. The van der Waals surface area contributed by atoms with Crippen LogP contribution in [0.4, 0.5) is 0 Å². The molecule has 0 aliphatic carbocycles. The van der Waals surface area contributed by atoms with E-state index in [0.29, 0.717) is 6.61 Å². The summed E-state index contributed by atoms with van der Waals surface area (Å²) in [5, 5.41) is 0.728. The van der Waals surface area contributed by atoms with E-state index < -0.39 is 0 Å². The van der Waals surface area contributed by atoms with Gasteiger partial charge in [-0.25, -0.2) is 0 Å². The number of ether oxygens (including phenoxy) is 2. The highest BCUT2D eigenvalue weighted by Gasteiger charge is 2.23. The minimum absolute atomic E-state index is 0.0115. The lowest BCUT2D eigenvalue weighted by atomic mass is 10.0. The third kappa shape index (κ3) is 4.18. The minimum Gasteiger partial charge on any atom is -0.376 e. The van der Waals surface area contributed by atoms with Crippen molar-refractivity contribution in [3.63, 3.8) is 0 Å². The van der Waals surface area contributed by atoms with Gasteiger partial charge in [-0.15, -0.1) is 0 Å². The van der Waals surface area contributed by atoms with Crippen LogP contribution in [0.25, 0.3) is 0 Å². The zero-order chi connectivity index (χ0) is 13.7. The highest BCUT2D eigenvalue weighted by atomic mass is 35.5. The van der Waals surface area contributed by atoms with Gasteiger partial charge in [0.15, 0.2) is 0 Å². The van der Waals surface area contributed by atoms with E-state index in [0.717, 1.165) is 36.5 Å². The molecule has 0 spiro atoms. The van der Waals surface area contributed by atoms with Crippen molar-refractivity contribution in [3.8, 4) is 0 Å². The molecule has 0 bridgehead atoms. The van der Waals surface area contributed by atoms with E-state index in [1.165, 1.54) is 0 Å². The number of hydrogen-bond donors (Lipinski definition) is 1. The predicted molar refractivity (Wildman–Crippen MR) is 77.4 cm³/mol. The second kappa shape index (κ2) is 7.25. The van der Waals surface area contributed by atoms with Gasteiger partial charge in [-0.1, -0.05) is 30.7 Å². The van der Waals surface area contributed by atoms with E-state index in [-0.39, 0.29) is 18.2 Å². The molecular weight excluding hydrogens is 262 g/mol. The molecule has 1 aromatic carbocycles. The lowest BCUT2D eigenvalue weighted by Crippen LogP contribution is -2.31. The molecule has 3 unspecified atom stereocenters. The van der Waals surface area contributed by atoms with Gasteiger partial charge in [-0.05, 0) is 37.0 Å². The molecule has 2 N–H and O–H groups in total. The van der Waals surface area contributed by atoms with Crippen LogP contribution in [0.15, 0.2) is 24.3 Å². The van der Waals surface area contributed by atoms with Gasteiger partial charge >= 0.3 is 0 Å². The average Bonchev–Trinajstić information content (AvgIpc) is 2.93. The summed E-state index contributed by atoms with van der Waals surface area (Å²) < 4.78 is 11.6. The Balaban J connectivity index is 2.00. The highest BCUT2D eigenvalue weighted by Crippen LogP contribution is 2.25. The summed E-state index contributed by atoms with van der Waals surface area (Å²) in [6, 6.07) is 7.71. The fourth-order valence-corrected chi connectivity index (χ4v) is 2.45. The van der Waals surface area contributed by atoms with Gasteiger partial charge < -0.3 is 15.2 Å². The fourth-order valence-electron chi connectivity index (χ4n) is 2.32. The zero-order valence-corrected chi connectivity index (χ0v) is 12.1. The van der Waals surface area contributed by atoms with Crippen molar-refractivity contribution in [2.24, 2.45) is 5.73 Å². The number of nitrogens with two attached hydrogens (primary N) is 1. The normalized spacial score (nSPS) is 22.4. The first-order valence-corrected chi connectivity index (χ1v) is 7.32. The van der Waals surface area contributed by atoms with Crippen LogP contribution < -0.4 is 5.73 Å². The topological polar surface area (TPSA) is 44.5 Å². The Morgan fingerprint density at radius 2 is 2.16 bits per heavy atom. The number of benzene rings is 1. The van der Waals surface area contributed by atoms with Crippen LogP contribution in [0.1, 0.15) is 37.9 Å². The molecule has 19 heavy (non-hydrogen) atoms. The Hall–Kier alpha value is -0.610. The zero-order valence-electron chi connectivity index (χ0n) is 11.3. The molecule has 1 heterocycles. The Morgan fingerprint density at radius 3 is 2.74 bits per heavy atom. The lowest BCUT2D eigenvalue weighted by molar-refractivity contribution is -0.0310. The maximum Gasteiger partial charge on any atom is 0.0976 e. The largest absolute Gasteiger partial charge is 0.376 e. The molecule has 106 valence electrons. The molecule has 3 nitrogen and oxygen atoms in total. The van der Waals surface area contributed by atoms with E-state index in [1.807, 2.05) is 24.3 Å². The van der Waals surface area contributed by atoms with E-state index >= 15 is 0 Å². The van der Waals surface area contributed by atoms with Gasteiger partial charge in [0.1, 0.15) is 0 Å². The highest BCUT2D eigenvalue weighted by molar-refractivity contribution is 6.30. The standard InChI is InChI=1S/C15H22ClNO2/c1-2-14(17)15(11-5-7-12(16)8-6-11)19-10-13-4-3-9-18-13/h5-8,13-15H,2-4,9-10,17H2,1H3. The molecule has 0 amide bonds. The Kier molecular flexibility index (Phi) is 5.64. The van der Waals surface area contributed by atoms with Crippen LogP contribution >= 0.6 is 11.6 Å². The van der Waals surface area contributed by atoms with Gasteiger partial charge in [0, 0.05) is 17.7 Å². The van der Waals surface area contributed by atoms with Gasteiger partial charge in [0.25, 0.3) is 0 Å². The van der Waals surface area contributed by atoms with Gasteiger partial charge in [0.05, 0.1) is 18.8 Å². The monoisotopic (exact) mass is 283 g/mol. The van der Waals surface area contributed by atoms with Gasteiger partial charge in [0.2, 0.25) is 0 Å². The molecule has 3 atom stereocenters. The maximum absolute atomic E-state index is 6.17. The van der Waals surface area contributed by atoms with Gasteiger partial charge in [-0.3, -0.25) is 0 Å². The predicted octanol–water partition coefficient (Wildman–Crippen LogP) is 3.31. The molecule has 0 radical (unpaired) electrons. The fraction of sp³-hybridized carbons (Fsp3) is 0.600. The van der Waals surface area contributed by atoms with Crippen molar-refractivity contribution in [3.05, 3.63) is 34.9 Å². The third-order valence-electron chi connectivity index (χ3n) is 3.54. The minimum atomic E-state index is -0.0912. The average molecular weight is 284 g/mol. The summed E-state index contributed by atoms with van der Waals surface area (Å²) in [7, 11) is 0. The van der Waals surface area contributed by atoms with E-state index in [1.54, 1.807) is 0 Å². The summed E-state index contributed by atoms with van der Waals surface area (Å²) in [4.78, 5) is 0. The summed E-state index contributed by atoms with van der Waals surface area (Å²) >= 11 is 5.92. The van der Waals surface area contributed by atoms with Crippen LogP contribution in [-0.2, 0) is 9.47 Å². The Bertz CT molecular complexity index is 376. The summed E-state index contributed by atoms with van der Waals surface area (Å²) in [6.45, 7) is 3.53. The smallest absolute Gasteiger partial charge is 0.0976 e. The first-order chi connectivity index (χ1) is 9.20. The van der Waals surface area contributed by atoms with Crippen LogP contribution in [-0.4, -0.2) is 25.4 Å². The van der Waals surface area contributed by atoms with Crippen LogP contribution in [0.5, 0.6) is 0 Å². The van der Waals surface area contributed by atoms with Crippen molar-refractivity contribution in [1.29, 1.82) is 0 Å². The molecule has 1 saturated heterocycles. The van der Waals surface area contributed by atoms with Crippen LogP contribution in [0.3, 0.4) is 0 Å². The van der Waals surface area contributed by atoms with E-state index in [2.05, 4.69) is 6.92 Å². The van der Waals surface area contributed by atoms with Gasteiger partial charge in [-0.2, -0.15) is 0 Å². The van der Waals surface area contributed by atoms with E-state index in [9.17, 15) is 0 Å². The Labute approximate surface area is 120 Å². The SMILES string of the molecule is CCC(N)C(OCC1CCCO1)c1ccc(Cl)cc1. The number of halogens is 1. The van der Waals surface area contributed by atoms with Crippen LogP contribution in [0, 0.1) is 0 Å². The second-order valence-corrected chi connectivity index (χ2v) is 5.45. The van der Waals surface area contributed by atoms with Crippen molar-refractivity contribution in [2.45, 2.75) is 44.4 Å². The summed E-state index contributed by atoms with van der Waals surface area (Å²) in [5.74, 6) is 0. The van der Waals surface area contributed by atoms with Crippen LogP contribution in [0.2, 0.25) is 5.02 Å². The van der Waals surface area contributed by atoms with Crippen molar-refractivity contribution < 1.29 is 9.47 Å². The molecule has 2 rings (SSSR count). The van der Waals surface area contributed by atoms with Crippen molar-refractivity contribution in [1.82, 2.24) is 0 Å². The summed E-state index contributed by atoms with van der Waals surface area (Å²) in [5.41, 5.74) is 7.25. The first-order valence-electron chi connectivity index (χ1n) is 6.95. The number of rotatable bonds is 6. The quantitative estimate of drug-likeness (QED) is 0.871. The molecular formula is C15H22ClNO2. The van der Waals surface area contributed by atoms with Crippen molar-refractivity contribution in [2.75, 3.05) is 13.2 Å². The Morgan fingerprint density at radius 1 is 1.42 bits per heavy atom. The number of hydrogen-bond acceptors (Lipinski definition) is 3. The van der Waals surface area contributed by atoms with Crippen molar-refractivity contribution >= 4 is 11.6 Å². The van der Waals surface area contributed by atoms with E-state index in [4.69, 9.17) is 26.8 Å². The molecule has 0 aromatic heterocycles. The molecule has 1 aliphatic heterocycles. The maximum atomic E-state index is 6.17. The first kappa shape index (κ1) is 14.8. The molecule has 1 aromatic rings. The lowest BCUT2D eigenvalue weighted by Gasteiger charge is -2.25. The molecule has 1 aliphatic rings. The molecule has 0 saturated carbocycles. The third-order valence-corrected chi connectivity index (χ3v) is 3.80.